The molecule has 6 saturated heterocycles. The van der Waals surface area contributed by atoms with E-state index in [-0.39, 0.29) is 74.5 Å². The number of hydrogen-bond acceptors (Lipinski definition) is 26. The van der Waals surface area contributed by atoms with Crippen molar-refractivity contribution in [1.82, 2.24) is 0 Å². The number of fused-ring (bicyclic) bond motifs is 6. The van der Waals surface area contributed by atoms with E-state index in [4.69, 9.17) is 80.5 Å². The maximum Gasteiger partial charge on any atom is 0.338 e. The number of aliphatic hydroxyl groups is 1. The molecular weight excluding hydrogens is 1580 g/mol. The first-order valence-corrected chi connectivity index (χ1v) is 43.3. The number of benzene rings is 6. The zero-order valence-corrected chi connectivity index (χ0v) is 71.5. The summed E-state index contributed by atoms with van der Waals surface area (Å²) in [6, 6.07) is 47.8. The molecule has 2 spiro atoms. The van der Waals surface area contributed by atoms with Crippen LogP contribution in [0.2, 0.25) is 0 Å². The smallest absolute Gasteiger partial charge is 0.338 e. The highest BCUT2D eigenvalue weighted by Gasteiger charge is 2.80. The van der Waals surface area contributed by atoms with E-state index in [0.717, 1.165) is 25.7 Å². The van der Waals surface area contributed by atoms with Crippen molar-refractivity contribution < 1.29 is 124 Å². The normalized spacial score (nSPS) is 37.3. The van der Waals surface area contributed by atoms with Crippen molar-refractivity contribution in [1.29, 1.82) is 0 Å². The first-order chi connectivity index (χ1) is 58.7. The molecule has 1 N–H and O–H groups in total. The molecule has 656 valence electrons. The zero-order chi connectivity index (χ0) is 86.9. The summed E-state index contributed by atoms with van der Waals surface area (Å²) in [6.45, 7) is 21.8. The lowest BCUT2D eigenvalue weighted by molar-refractivity contribution is -0.389. The van der Waals surface area contributed by atoms with Crippen LogP contribution in [0.1, 0.15) is 203 Å². The van der Waals surface area contributed by atoms with Gasteiger partial charge in [-0.25, -0.2) is 28.8 Å². The van der Waals surface area contributed by atoms with Crippen LogP contribution in [-0.2, 0) is 90.1 Å². The van der Waals surface area contributed by atoms with Crippen LogP contribution in [-0.4, -0.2) is 188 Å². The highest BCUT2D eigenvalue weighted by molar-refractivity contribution is 5.93. The molecule has 4 aliphatic carbocycles. The first-order valence-electron chi connectivity index (χ1n) is 43.3. The Morgan fingerprint density at radius 1 is 0.431 bits per heavy atom. The molecular formula is C97H112O26. The van der Waals surface area contributed by atoms with Gasteiger partial charge in [0.05, 0.1) is 75.2 Å². The molecule has 28 atom stereocenters. The molecule has 0 radical (unpaired) electrons. The summed E-state index contributed by atoms with van der Waals surface area (Å²) >= 11 is 0. The Morgan fingerprint density at radius 3 is 1.26 bits per heavy atom. The third-order valence-corrected chi connectivity index (χ3v) is 27.6. The molecule has 6 aromatic carbocycles. The number of rotatable bonds is 21. The molecule has 123 heavy (non-hydrogen) atoms. The van der Waals surface area contributed by atoms with Crippen molar-refractivity contribution in [3.8, 4) is 0 Å². The fourth-order valence-corrected chi connectivity index (χ4v) is 21.2. The quantitative estimate of drug-likeness (QED) is 0.0303. The molecule has 0 amide bonds. The highest BCUT2D eigenvalue weighted by Crippen LogP contribution is 2.77. The Morgan fingerprint density at radius 2 is 0.837 bits per heavy atom. The Hall–Kier alpha value is -9.32. The molecule has 16 rings (SSSR count). The minimum Gasteiger partial charge on any atom is -0.462 e. The minimum atomic E-state index is -1.98. The Balaban J connectivity index is 0.815. The van der Waals surface area contributed by atoms with Gasteiger partial charge in [-0.1, -0.05) is 137 Å². The summed E-state index contributed by atoms with van der Waals surface area (Å²) in [5.41, 5.74) is -3.59. The van der Waals surface area contributed by atoms with E-state index < -0.39 is 186 Å². The molecule has 6 aliphatic heterocycles. The predicted octanol–water partition coefficient (Wildman–Crippen LogP) is 14.2. The Kier molecular flexibility index (Phi) is 24.5. The standard InChI is InChI=1S/C97H112O26/c1-54-43-48-97(108-52-54)55(2)79-93(11)46-45-66-65(67(93)51-96(79,106)123-97)49-69-95(122-69)50-64(44-47-94(66,95)12)111-88-78(120-87-77(118-85(103)63-41-29-18-30-42-63)74(116-83(101)61-37-25-16-26-38-61)71(57(4)110-87)114-81(99)59-33-21-14-22-34-59)75(121-90(105)92(8,9)10)72(68(112-88)53-107-89(104)91(5,6)7)119-86-76(117-84(102)62-39-27-17-28-40-62)73(115-82(100)60-35-23-15-24-36-60)70(56(3)109-86)113-80(98)58-31-19-13-20-32-58/h13-42,54-57,64-79,86-88,106H,43-53H2,1-12H3/t54-,55+,56+,57+,64+,65-,66+,67+,68-,69?,70+,71+,72-,73-,74-,75+,76-,77-,78-,79-,86+,87+,88-,93+,94-,95?,96+,97-/m1/s1. The van der Waals surface area contributed by atoms with Gasteiger partial charge in [-0.05, 0) is 196 Å². The van der Waals surface area contributed by atoms with Gasteiger partial charge in [0.25, 0.3) is 0 Å². The van der Waals surface area contributed by atoms with Gasteiger partial charge < -0.3 is 85.6 Å². The minimum absolute atomic E-state index is 0.0201. The fraction of sp³-hybridized carbons (Fsp3) is 0.546. The van der Waals surface area contributed by atoms with Gasteiger partial charge in [-0.2, -0.15) is 0 Å². The number of hydrogen-bond donors (Lipinski definition) is 1. The van der Waals surface area contributed by atoms with Crippen LogP contribution in [0.15, 0.2) is 182 Å². The zero-order valence-electron chi connectivity index (χ0n) is 71.5. The van der Waals surface area contributed by atoms with E-state index in [1.54, 1.807) is 151 Å². The summed E-state index contributed by atoms with van der Waals surface area (Å²) in [5, 5.41) is 12.9. The van der Waals surface area contributed by atoms with E-state index in [9.17, 15) is 29.1 Å². The molecule has 26 nitrogen and oxygen atoms in total. The van der Waals surface area contributed by atoms with E-state index in [1.165, 1.54) is 86.6 Å². The summed E-state index contributed by atoms with van der Waals surface area (Å²) in [7, 11) is 0. The van der Waals surface area contributed by atoms with Crippen molar-refractivity contribution in [3.63, 3.8) is 0 Å². The van der Waals surface area contributed by atoms with Gasteiger partial charge in [-0.3, -0.25) is 9.59 Å². The molecule has 10 fully saturated rings. The van der Waals surface area contributed by atoms with Crippen LogP contribution >= 0.6 is 0 Å². The first kappa shape index (κ1) is 87.2. The summed E-state index contributed by atoms with van der Waals surface area (Å²) in [4.78, 5) is 119. The molecule has 2 unspecified atom stereocenters. The lowest BCUT2D eigenvalue weighted by atomic mass is 9.44. The Labute approximate surface area is 716 Å². The lowest BCUT2D eigenvalue weighted by Gasteiger charge is -2.60. The average molecular weight is 1690 g/mol. The number of carbonyl (C=O) groups is 8. The number of epoxide rings is 1. The van der Waals surface area contributed by atoms with Crippen LogP contribution in [0.25, 0.3) is 0 Å². The number of carbonyl (C=O) groups excluding carboxylic acids is 8. The summed E-state index contributed by atoms with van der Waals surface area (Å²) in [5.74, 6) is -8.76. The maximum atomic E-state index is 15.6. The van der Waals surface area contributed by atoms with Gasteiger partial charge in [0.15, 0.2) is 79.3 Å². The molecule has 6 heterocycles. The second-order valence-corrected chi connectivity index (χ2v) is 37.8. The molecule has 0 bridgehead atoms. The van der Waals surface area contributed by atoms with Crippen molar-refractivity contribution in [3.05, 3.63) is 215 Å². The molecule has 0 aromatic heterocycles. The van der Waals surface area contributed by atoms with Crippen LogP contribution in [0, 0.1) is 57.2 Å². The second kappa shape index (κ2) is 34.6. The largest absolute Gasteiger partial charge is 0.462 e. The monoisotopic (exact) mass is 1690 g/mol. The number of ether oxygens (including phenoxy) is 17. The van der Waals surface area contributed by atoms with Crippen LogP contribution < -0.4 is 0 Å². The molecule has 26 heteroatoms. The van der Waals surface area contributed by atoms with E-state index in [1.807, 2.05) is 0 Å². The second-order valence-electron chi connectivity index (χ2n) is 37.8. The topological polar surface area (TPSA) is 317 Å². The van der Waals surface area contributed by atoms with Gasteiger partial charge in [-0.15, -0.1) is 0 Å². The molecule has 10 aliphatic rings. The number of esters is 8. The lowest BCUT2D eigenvalue weighted by Crippen LogP contribution is -2.69. The average Bonchev–Trinajstić information content (AvgIpc) is 1.49. The summed E-state index contributed by atoms with van der Waals surface area (Å²) in [6.07, 6.45) is -21.6. The third-order valence-electron chi connectivity index (χ3n) is 27.6. The van der Waals surface area contributed by atoms with E-state index in [0.29, 0.717) is 44.6 Å². The van der Waals surface area contributed by atoms with Crippen LogP contribution in [0.4, 0.5) is 0 Å². The Bertz CT molecular complexity index is 4790. The highest BCUT2D eigenvalue weighted by atomic mass is 16.8. The van der Waals surface area contributed by atoms with Crippen LogP contribution in [0.3, 0.4) is 0 Å². The van der Waals surface area contributed by atoms with Crippen molar-refractivity contribution in [2.45, 2.75) is 262 Å². The van der Waals surface area contributed by atoms with Crippen molar-refractivity contribution >= 4 is 47.8 Å². The van der Waals surface area contributed by atoms with Crippen molar-refractivity contribution in [2.24, 2.45) is 57.2 Å². The van der Waals surface area contributed by atoms with Gasteiger partial charge in [0.1, 0.15) is 24.4 Å². The molecule has 4 saturated carbocycles. The third kappa shape index (κ3) is 17.2. The van der Waals surface area contributed by atoms with Gasteiger partial charge >= 0.3 is 47.8 Å². The SMILES string of the molecule is C[C@@H]1CC[C@@]2(OC1)O[C@@]1(O)C[C@H]3[C@@H]4CC5OC56C[C@@H](O[C@@H]5O[C@H](COC(=O)C(C)(C)C)[C@@H](O[C@@H]7O[C@@H](C)[C@H](OC(=O)c8ccccc8)[C@@H](OC(=O)c8ccccc8)[C@H]7OC(=O)c7ccccc7)[C@H](OC(=O)C(C)(C)C)[C@H]5O[C@@H]5O[C@@H](C)[C@H](OC(=O)c7ccccc7)[C@@H](OC(=O)c7ccccc7)[C@H]5OC(=O)c5ccccc5)CC[C@]6(C)[C@H]4CC[C@]3(C)[C@H]1[C@@H]2C. The van der Waals surface area contributed by atoms with Crippen molar-refractivity contribution in [2.75, 3.05) is 13.2 Å². The van der Waals surface area contributed by atoms with E-state index in [2.05, 4.69) is 27.7 Å². The molecule has 6 aromatic rings. The van der Waals surface area contributed by atoms with Gasteiger partial charge in [0, 0.05) is 36.5 Å². The maximum absolute atomic E-state index is 15.6. The predicted molar refractivity (Wildman–Crippen MR) is 438 cm³/mol. The van der Waals surface area contributed by atoms with Gasteiger partial charge in [0.2, 0.25) is 0 Å². The van der Waals surface area contributed by atoms with Crippen LogP contribution in [0.5, 0.6) is 0 Å². The summed E-state index contributed by atoms with van der Waals surface area (Å²) < 4.78 is 117. The van der Waals surface area contributed by atoms with E-state index >= 15 is 14.4 Å². The fourth-order valence-electron chi connectivity index (χ4n) is 21.2.